The van der Waals surface area contributed by atoms with Crippen LogP contribution < -0.4 is 14.4 Å². The van der Waals surface area contributed by atoms with E-state index in [2.05, 4.69) is 0 Å². The molecule has 0 radical (unpaired) electrons. The highest BCUT2D eigenvalue weighted by atomic mass is 35.5. The van der Waals surface area contributed by atoms with Gasteiger partial charge < -0.3 is 19.5 Å². The number of benzene rings is 2. The lowest BCUT2D eigenvalue weighted by Gasteiger charge is -2.37. The lowest BCUT2D eigenvalue weighted by molar-refractivity contribution is -0.527. The van der Waals surface area contributed by atoms with Crippen LogP contribution in [0.15, 0.2) is 36.4 Å². The molecule has 2 fully saturated rings. The van der Waals surface area contributed by atoms with E-state index in [4.69, 9.17) is 21.1 Å². The normalized spacial score (nSPS) is 32.6. The Morgan fingerprint density at radius 1 is 1.22 bits per heavy atom. The van der Waals surface area contributed by atoms with Crippen LogP contribution in [0.25, 0.3) is 0 Å². The number of nitro groups is 1. The molecule has 6 rings (SSSR count). The van der Waals surface area contributed by atoms with Crippen molar-refractivity contribution in [2.75, 3.05) is 25.3 Å². The van der Waals surface area contributed by atoms with E-state index in [1.165, 1.54) is 4.90 Å². The fourth-order valence-electron chi connectivity index (χ4n) is 6.19. The number of aliphatic hydroxyl groups excluding tert-OH is 1. The molecule has 166 valence electrons. The fourth-order valence-corrected chi connectivity index (χ4v) is 6.36. The quantitative estimate of drug-likeness (QED) is 0.544. The van der Waals surface area contributed by atoms with Crippen molar-refractivity contribution in [1.29, 1.82) is 0 Å². The van der Waals surface area contributed by atoms with Crippen LogP contribution >= 0.6 is 11.6 Å². The number of hydrogen-bond donors (Lipinski definition) is 1. The van der Waals surface area contributed by atoms with Crippen LogP contribution in [-0.4, -0.2) is 59.4 Å². The average molecular weight is 458 g/mol. The summed E-state index contributed by atoms with van der Waals surface area (Å²) in [5.74, 6) is -0.00954. The van der Waals surface area contributed by atoms with Gasteiger partial charge in [0.2, 0.25) is 12.8 Å². The molecule has 0 aliphatic carbocycles. The number of rotatable bonds is 2. The Morgan fingerprint density at radius 3 is 2.78 bits per heavy atom. The van der Waals surface area contributed by atoms with E-state index in [-0.39, 0.29) is 30.6 Å². The Bertz CT molecular complexity index is 1170. The number of carbonyl (C=O) groups excluding carboxylic acids is 1. The van der Waals surface area contributed by atoms with Crippen LogP contribution in [-0.2, 0) is 10.3 Å². The number of aliphatic hydroxyl groups is 1. The lowest BCUT2D eigenvalue weighted by Crippen LogP contribution is -2.52. The molecule has 4 aliphatic heterocycles. The first-order chi connectivity index (χ1) is 15.3. The zero-order valence-electron chi connectivity index (χ0n) is 17.1. The maximum absolute atomic E-state index is 14.0. The third-order valence-corrected chi connectivity index (χ3v) is 7.56. The molecule has 0 bridgehead atoms. The number of ether oxygens (including phenoxy) is 2. The van der Waals surface area contributed by atoms with Gasteiger partial charge in [-0.05, 0) is 42.3 Å². The van der Waals surface area contributed by atoms with Crippen LogP contribution in [0.4, 0.5) is 5.69 Å². The average Bonchev–Trinajstić information content (AvgIpc) is 3.47. The number of fused-ring (bicyclic) bond motifs is 5. The summed E-state index contributed by atoms with van der Waals surface area (Å²) < 4.78 is 10.9. The molecule has 0 saturated carbocycles. The van der Waals surface area contributed by atoms with E-state index >= 15 is 0 Å². The van der Waals surface area contributed by atoms with Gasteiger partial charge in [-0.3, -0.25) is 19.8 Å². The second-order valence-corrected chi connectivity index (χ2v) is 9.20. The van der Waals surface area contributed by atoms with Crippen molar-refractivity contribution in [3.05, 3.63) is 62.7 Å². The predicted octanol–water partition coefficient (Wildman–Crippen LogP) is 2.12. The Kier molecular flexibility index (Phi) is 4.06. The summed E-state index contributed by atoms with van der Waals surface area (Å²) in [6, 6.07) is 8.72. The monoisotopic (exact) mass is 457 g/mol. The van der Waals surface area contributed by atoms with Crippen molar-refractivity contribution in [2.24, 2.45) is 0 Å². The van der Waals surface area contributed by atoms with Crippen molar-refractivity contribution in [2.45, 2.75) is 36.1 Å². The highest BCUT2D eigenvalue weighted by Gasteiger charge is 2.73. The Balaban J connectivity index is 1.65. The zero-order chi connectivity index (χ0) is 22.4. The number of hydrogen-bond acceptors (Lipinski definition) is 7. The number of amides is 1. The number of halogens is 1. The largest absolute Gasteiger partial charge is 0.454 e. The minimum absolute atomic E-state index is 0.0777. The van der Waals surface area contributed by atoms with E-state index in [0.717, 1.165) is 0 Å². The van der Waals surface area contributed by atoms with E-state index in [0.29, 0.717) is 33.3 Å². The van der Waals surface area contributed by atoms with Crippen LogP contribution in [0, 0.1) is 10.1 Å². The standard InChI is InChI=1S/C22H20ClN3O6/c1-24-15-4-3-12(23)7-14(15)22(21(24)28)19(11-2-5-17-18(6-11)32-10-31-17)20(26(29)30)16-8-13(27)9-25(16)22/h2-7,13,16,19-20,27H,8-10H2,1H3/t13-,16+,19+,20-,22+/m1/s1. The van der Waals surface area contributed by atoms with Crippen molar-refractivity contribution in [3.8, 4) is 11.5 Å². The van der Waals surface area contributed by atoms with Crippen molar-refractivity contribution in [3.63, 3.8) is 0 Å². The van der Waals surface area contributed by atoms with Crippen molar-refractivity contribution < 1.29 is 24.3 Å². The van der Waals surface area contributed by atoms with E-state index < -0.39 is 29.6 Å². The first-order valence-electron chi connectivity index (χ1n) is 10.4. The van der Waals surface area contributed by atoms with E-state index in [1.54, 1.807) is 43.4 Å². The maximum atomic E-state index is 14.0. The zero-order valence-corrected chi connectivity index (χ0v) is 17.9. The van der Waals surface area contributed by atoms with Crippen LogP contribution in [0.5, 0.6) is 11.5 Å². The molecule has 4 heterocycles. The second-order valence-electron chi connectivity index (χ2n) is 8.77. The molecule has 4 aliphatic rings. The highest BCUT2D eigenvalue weighted by molar-refractivity contribution is 6.31. The van der Waals surface area contributed by atoms with Gasteiger partial charge in [0, 0.05) is 34.8 Å². The summed E-state index contributed by atoms with van der Waals surface area (Å²) in [5, 5.41) is 23.4. The molecule has 32 heavy (non-hydrogen) atoms. The van der Waals surface area contributed by atoms with Gasteiger partial charge in [-0.15, -0.1) is 0 Å². The first-order valence-corrected chi connectivity index (χ1v) is 10.8. The minimum atomic E-state index is -1.36. The molecule has 1 amide bonds. The summed E-state index contributed by atoms with van der Waals surface area (Å²) in [6.07, 6.45) is -0.528. The first kappa shape index (κ1) is 19.8. The van der Waals surface area contributed by atoms with Crippen LogP contribution in [0.1, 0.15) is 23.5 Å². The van der Waals surface area contributed by atoms with Crippen LogP contribution in [0.3, 0.4) is 0 Å². The molecular formula is C22H20ClN3O6. The third kappa shape index (κ3) is 2.33. The number of carbonyl (C=O) groups is 1. The minimum Gasteiger partial charge on any atom is -0.454 e. The second kappa shape index (κ2) is 6.57. The van der Waals surface area contributed by atoms with E-state index in [9.17, 15) is 20.0 Å². The molecule has 1 spiro atoms. The summed E-state index contributed by atoms with van der Waals surface area (Å²) in [5.41, 5.74) is 0.551. The van der Waals surface area contributed by atoms with Gasteiger partial charge in [-0.1, -0.05) is 17.7 Å². The summed E-state index contributed by atoms with van der Waals surface area (Å²) in [6.45, 7) is 0.246. The smallest absolute Gasteiger partial charge is 0.252 e. The summed E-state index contributed by atoms with van der Waals surface area (Å²) >= 11 is 6.35. The SMILES string of the molecule is CN1C(=O)[C@]2(c3cc(Cl)ccc31)[C@@H](c1ccc3c(c1)OCO3)[C@H]([N+](=O)[O-])[C@@H]1C[C@@H](O)CN12. The fraction of sp³-hybridized carbons (Fsp3) is 0.409. The molecule has 2 aromatic carbocycles. The highest BCUT2D eigenvalue weighted by Crippen LogP contribution is 2.61. The van der Waals surface area contributed by atoms with Gasteiger partial charge in [-0.25, -0.2) is 0 Å². The number of anilines is 1. The third-order valence-electron chi connectivity index (χ3n) is 7.32. The summed E-state index contributed by atoms with van der Waals surface area (Å²) in [4.78, 5) is 29.5. The Hall–Kier alpha value is -2.88. The molecule has 9 nitrogen and oxygen atoms in total. The van der Waals surface area contributed by atoms with Crippen molar-refractivity contribution in [1.82, 2.24) is 4.90 Å². The van der Waals surface area contributed by atoms with Gasteiger partial charge >= 0.3 is 0 Å². The van der Waals surface area contributed by atoms with Gasteiger partial charge in [-0.2, -0.15) is 0 Å². The molecule has 2 aromatic rings. The molecule has 5 atom stereocenters. The molecule has 10 heteroatoms. The van der Waals surface area contributed by atoms with Gasteiger partial charge in [0.1, 0.15) is 5.54 Å². The molecule has 0 aromatic heterocycles. The van der Waals surface area contributed by atoms with E-state index in [1.807, 2.05) is 4.90 Å². The van der Waals surface area contributed by atoms with Gasteiger partial charge in [0.05, 0.1) is 18.1 Å². The molecule has 2 saturated heterocycles. The molecule has 1 N–H and O–H groups in total. The predicted molar refractivity (Wildman–Crippen MR) is 114 cm³/mol. The molecule has 0 unspecified atom stereocenters. The maximum Gasteiger partial charge on any atom is 0.252 e. The van der Waals surface area contributed by atoms with Crippen molar-refractivity contribution >= 4 is 23.2 Å². The Labute approximate surface area is 188 Å². The summed E-state index contributed by atoms with van der Waals surface area (Å²) in [7, 11) is 1.67. The topological polar surface area (TPSA) is 105 Å². The number of nitrogens with zero attached hydrogens (tertiary/aromatic N) is 3. The lowest BCUT2D eigenvalue weighted by atomic mass is 9.73. The van der Waals surface area contributed by atoms with Gasteiger partial charge in [0.15, 0.2) is 11.5 Å². The van der Waals surface area contributed by atoms with Gasteiger partial charge in [0.25, 0.3) is 5.91 Å². The molecular weight excluding hydrogens is 438 g/mol. The number of likely N-dealkylation sites (N-methyl/N-ethyl adjacent to an activating group) is 1. The Morgan fingerprint density at radius 2 is 2.00 bits per heavy atom. The van der Waals surface area contributed by atoms with Crippen LogP contribution in [0.2, 0.25) is 5.02 Å².